The van der Waals surface area contributed by atoms with Crippen LogP contribution in [0.25, 0.3) is 10.8 Å². The largest absolute Gasteiger partial charge is 0.325 e. The zero-order valence-corrected chi connectivity index (χ0v) is 16.4. The fraction of sp³-hybridized carbons (Fsp3) is 0.250. The van der Waals surface area contributed by atoms with E-state index in [9.17, 15) is 9.59 Å². The Balaban J connectivity index is 1.38. The molecule has 0 bridgehead atoms. The van der Waals surface area contributed by atoms with Gasteiger partial charge in [-0.2, -0.15) is 0 Å². The van der Waals surface area contributed by atoms with Crippen LogP contribution < -0.4 is 10.6 Å². The summed E-state index contributed by atoms with van der Waals surface area (Å²) < 4.78 is 0. The number of fused-ring (bicyclic) bond motifs is 1. The minimum atomic E-state index is -0.155. The zero-order valence-electron chi connectivity index (χ0n) is 16.4. The fourth-order valence-corrected chi connectivity index (χ4v) is 3.65. The molecule has 5 heteroatoms. The predicted molar refractivity (Wildman–Crippen MR) is 117 cm³/mol. The Morgan fingerprint density at radius 3 is 2.00 bits per heavy atom. The topological polar surface area (TPSA) is 61.4 Å². The molecule has 29 heavy (non-hydrogen) atoms. The Hall–Kier alpha value is -3.34. The Morgan fingerprint density at radius 1 is 0.690 bits per heavy atom. The van der Waals surface area contributed by atoms with E-state index in [0.717, 1.165) is 42.4 Å². The molecule has 0 radical (unpaired) electrons. The summed E-state index contributed by atoms with van der Waals surface area (Å²) in [6.07, 6.45) is 4.51. The molecule has 0 saturated carbocycles. The van der Waals surface area contributed by atoms with Gasteiger partial charge in [-0.05, 0) is 60.0 Å². The highest BCUT2D eigenvalue weighted by Gasteiger charge is 2.15. The van der Waals surface area contributed by atoms with Gasteiger partial charge < -0.3 is 15.5 Å². The molecule has 3 aromatic rings. The van der Waals surface area contributed by atoms with Crippen molar-refractivity contribution in [2.45, 2.75) is 25.7 Å². The van der Waals surface area contributed by atoms with Crippen molar-refractivity contribution in [2.24, 2.45) is 0 Å². The van der Waals surface area contributed by atoms with Crippen LogP contribution in [0.4, 0.5) is 16.2 Å². The monoisotopic (exact) mass is 387 g/mol. The highest BCUT2D eigenvalue weighted by Crippen LogP contribution is 2.19. The normalized spacial score (nSPS) is 14.3. The zero-order chi connectivity index (χ0) is 20.1. The molecule has 148 valence electrons. The molecule has 1 saturated heterocycles. The third-order valence-electron chi connectivity index (χ3n) is 5.30. The molecule has 3 aromatic carbocycles. The first-order chi connectivity index (χ1) is 14.2. The number of hydrogen-bond acceptors (Lipinski definition) is 2. The molecule has 0 unspecified atom stereocenters. The minimum absolute atomic E-state index is 0.0557. The molecule has 0 aliphatic carbocycles. The number of carbonyl (C=O) groups is 2. The van der Waals surface area contributed by atoms with Gasteiger partial charge in [-0.1, -0.05) is 43.2 Å². The van der Waals surface area contributed by atoms with E-state index in [4.69, 9.17) is 0 Å². The molecule has 1 heterocycles. The average molecular weight is 387 g/mol. The smallest absolute Gasteiger partial charge is 0.321 e. The van der Waals surface area contributed by atoms with Gasteiger partial charge in [0.2, 0.25) is 0 Å². The molecule has 2 N–H and O–H groups in total. The number of rotatable bonds is 3. The molecule has 5 nitrogen and oxygen atoms in total. The summed E-state index contributed by atoms with van der Waals surface area (Å²) in [7, 11) is 0. The SMILES string of the molecule is O=C(Nc1ccc(NC(=O)N2CCCCCC2)cc1)c1ccc2ccccc2c1. The van der Waals surface area contributed by atoms with E-state index in [1.165, 1.54) is 12.8 Å². The number of likely N-dealkylation sites (tertiary alicyclic amines) is 1. The maximum Gasteiger partial charge on any atom is 0.321 e. The van der Waals surface area contributed by atoms with Crippen LogP contribution in [0, 0.1) is 0 Å². The van der Waals surface area contributed by atoms with Gasteiger partial charge in [0.05, 0.1) is 0 Å². The fourth-order valence-electron chi connectivity index (χ4n) is 3.65. The summed E-state index contributed by atoms with van der Waals surface area (Å²) in [5.41, 5.74) is 2.03. The van der Waals surface area contributed by atoms with Gasteiger partial charge in [-0.15, -0.1) is 0 Å². The van der Waals surface area contributed by atoms with E-state index in [2.05, 4.69) is 10.6 Å². The van der Waals surface area contributed by atoms with Crippen molar-refractivity contribution < 1.29 is 9.59 Å². The quantitative estimate of drug-likeness (QED) is 0.623. The third-order valence-corrected chi connectivity index (χ3v) is 5.30. The van der Waals surface area contributed by atoms with Gasteiger partial charge in [0.1, 0.15) is 0 Å². The second-order valence-corrected chi connectivity index (χ2v) is 7.42. The second-order valence-electron chi connectivity index (χ2n) is 7.42. The first-order valence-electron chi connectivity index (χ1n) is 10.2. The van der Waals surface area contributed by atoms with Crippen LogP contribution in [-0.2, 0) is 0 Å². The number of hydrogen-bond donors (Lipinski definition) is 2. The van der Waals surface area contributed by atoms with E-state index >= 15 is 0 Å². The lowest BCUT2D eigenvalue weighted by molar-refractivity contribution is 0.102. The van der Waals surface area contributed by atoms with Crippen LogP contribution in [-0.4, -0.2) is 29.9 Å². The molecule has 1 aliphatic heterocycles. The number of amides is 3. The minimum Gasteiger partial charge on any atom is -0.325 e. The van der Waals surface area contributed by atoms with Gasteiger partial charge in [-0.3, -0.25) is 4.79 Å². The van der Waals surface area contributed by atoms with Crippen molar-refractivity contribution in [3.05, 3.63) is 72.3 Å². The second kappa shape index (κ2) is 8.78. The highest BCUT2D eigenvalue weighted by molar-refractivity contribution is 6.06. The van der Waals surface area contributed by atoms with Gasteiger partial charge in [0, 0.05) is 30.0 Å². The Kier molecular flexibility index (Phi) is 5.75. The number of nitrogens with one attached hydrogen (secondary N) is 2. The van der Waals surface area contributed by atoms with Gasteiger partial charge >= 0.3 is 6.03 Å². The lowest BCUT2D eigenvalue weighted by atomic mass is 10.1. The summed E-state index contributed by atoms with van der Waals surface area (Å²) in [5.74, 6) is -0.155. The predicted octanol–water partition coefficient (Wildman–Crippen LogP) is 5.50. The molecular formula is C24H25N3O2. The van der Waals surface area contributed by atoms with Crippen LogP contribution in [0.2, 0.25) is 0 Å². The number of carbonyl (C=O) groups excluding carboxylic acids is 2. The first kappa shape index (κ1) is 19.0. The lowest BCUT2D eigenvalue weighted by Gasteiger charge is -2.20. The van der Waals surface area contributed by atoms with Crippen LogP contribution >= 0.6 is 0 Å². The molecule has 4 rings (SSSR count). The molecule has 0 spiro atoms. The summed E-state index contributed by atoms with van der Waals surface area (Å²) >= 11 is 0. The summed E-state index contributed by atoms with van der Waals surface area (Å²) in [6.45, 7) is 1.62. The number of benzene rings is 3. The molecule has 1 aliphatic rings. The first-order valence-corrected chi connectivity index (χ1v) is 10.2. The molecule has 0 aromatic heterocycles. The van der Waals surface area contributed by atoms with E-state index in [1.807, 2.05) is 59.5 Å². The summed E-state index contributed by atoms with van der Waals surface area (Å²) in [4.78, 5) is 26.9. The van der Waals surface area contributed by atoms with Crippen molar-refractivity contribution >= 4 is 34.1 Å². The molecule has 1 fully saturated rings. The van der Waals surface area contributed by atoms with Crippen molar-refractivity contribution in [2.75, 3.05) is 23.7 Å². The maximum absolute atomic E-state index is 12.6. The van der Waals surface area contributed by atoms with E-state index in [1.54, 1.807) is 12.1 Å². The maximum atomic E-state index is 12.6. The van der Waals surface area contributed by atoms with E-state index in [-0.39, 0.29) is 11.9 Å². The molecule has 0 atom stereocenters. The Morgan fingerprint density at radius 2 is 1.31 bits per heavy atom. The average Bonchev–Trinajstić information content (AvgIpc) is 3.04. The molecule has 3 amide bonds. The van der Waals surface area contributed by atoms with Crippen LogP contribution in [0.15, 0.2) is 66.7 Å². The number of urea groups is 1. The standard InChI is InChI=1S/C24H25N3O2/c28-23(20-10-9-18-7-3-4-8-19(18)17-20)25-21-11-13-22(14-12-21)26-24(29)27-15-5-1-2-6-16-27/h3-4,7-14,17H,1-2,5-6,15-16H2,(H,25,28)(H,26,29). The van der Waals surface area contributed by atoms with Crippen molar-refractivity contribution in [1.82, 2.24) is 4.90 Å². The van der Waals surface area contributed by atoms with E-state index in [0.29, 0.717) is 11.3 Å². The number of nitrogens with zero attached hydrogens (tertiary/aromatic N) is 1. The van der Waals surface area contributed by atoms with Crippen LogP contribution in [0.3, 0.4) is 0 Å². The van der Waals surface area contributed by atoms with Crippen LogP contribution in [0.1, 0.15) is 36.0 Å². The van der Waals surface area contributed by atoms with Crippen LogP contribution in [0.5, 0.6) is 0 Å². The highest BCUT2D eigenvalue weighted by atomic mass is 16.2. The summed E-state index contributed by atoms with van der Waals surface area (Å²) in [6, 6.07) is 20.8. The summed E-state index contributed by atoms with van der Waals surface area (Å²) in [5, 5.41) is 8.00. The van der Waals surface area contributed by atoms with Gasteiger partial charge in [0.15, 0.2) is 0 Å². The van der Waals surface area contributed by atoms with Gasteiger partial charge in [0.25, 0.3) is 5.91 Å². The van der Waals surface area contributed by atoms with Crippen molar-refractivity contribution in [3.63, 3.8) is 0 Å². The third kappa shape index (κ3) is 4.74. The van der Waals surface area contributed by atoms with Crippen molar-refractivity contribution in [3.8, 4) is 0 Å². The van der Waals surface area contributed by atoms with E-state index < -0.39 is 0 Å². The van der Waals surface area contributed by atoms with Crippen molar-refractivity contribution in [1.29, 1.82) is 0 Å². The lowest BCUT2D eigenvalue weighted by Crippen LogP contribution is -2.35. The Bertz CT molecular complexity index is 1010. The van der Waals surface area contributed by atoms with Gasteiger partial charge in [-0.25, -0.2) is 4.79 Å². The molecular weight excluding hydrogens is 362 g/mol. The number of anilines is 2. The Labute approximate surface area is 170 Å².